The minimum absolute atomic E-state index is 0.0548. The predicted octanol–water partition coefficient (Wildman–Crippen LogP) is 2.42. The Balaban J connectivity index is 1.66. The number of nitro groups is 1. The van der Waals surface area contributed by atoms with Crippen LogP contribution < -0.4 is 15.9 Å². The minimum atomic E-state index is -0.581. The molecule has 160 valence electrons. The van der Waals surface area contributed by atoms with Gasteiger partial charge in [0.05, 0.1) is 23.0 Å². The van der Waals surface area contributed by atoms with Gasteiger partial charge in [0.25, 0.3) is 0 Å². The number of hydrogen-bond acceptors (Lipinski definition) is 7. The maximum Gasteiger partial charge on any atom is 0.311 e. The van der Waals surface area contributed by atoms with Gasteiger partial charge >= 0.3 is 5.69 Å². The smallest absolute Gasteiger partial charge is 0.311 e. The lowest BCUT2D eigenvalue weighted by Crippen LogP contribution is -2.25. The minimum Gasteiger partial charge on any atom is -0.482 e. The number of benzene rings is 2. The molecule has 10 heteroatoms. The van der Waals surface area contributed by atoms with Gasteiger partial charge in [-0.25, -0.2) is 5.43 Å². The number of ether oxygens (including phenoxy) is 1. The molecule has 2 aromatic carbocycles. The first-order valence-electron chi connectivity index (χ1n) is 9.38. The van der Waals surface area contributed by atoms with Crippen LogP contribution in [-0.4, -0.2) is 21.7 Å². The first kappa shape index (κ1) is 21.9. The van der Waals surface area contributed by atoms with Crippen LogP contribution in [0.4, 0.5) is 5.69 Å². The van der Waals surface area contributed by atoms with Gasteiger partial charge in [0, 0.05) is 24.0 Å². The molecule has 0 saturated carbocycles. The van der Waals surface area contributed by atoms with Gasteiger partial charge in [-0.1, -0.05) is 18.2 Å². The van der Waals surface area contributed by atoms with Gasteiger partial charge in [-0.15, -0.1) is 0 Å². The highest BCUT2D eigenvalue weighted by Gasteiger charge is 2.17. The first-order valence-corrected chi connectivity index (χ1v) is 9.38. The quantitative estimate of drug-likeness (QED) is 0.240. The summed E-state index contributed by atoms with van der Waals surface area (Å²) in [5.74, 6) is -0.323. The number of hydrazone groups is 1. The lowest BCUT2D eigenvalue weighted by atomic mass is 10.1. The van der Waals surface area contributed by atoms with Crippen LogP contribution in [0.1, 0.15) is 22.3 Å². The molecule has 0 aliphatic carbocycles. The van der Waals surface area contributed by atoms with E-state index >= 15 is 0 Å². The summed E-state index contributed by atoms with van der Waals surface area (Å²) in [6.45, 7) is 0.0548. The number of rotatable bonds is 8. The Hall–Kier alpha value is -4.78. The zero-order valence-corrected chi connectivity index (χ0v) is 16.8. The number of nitrogens with zero attached hydrogens (tertiary/aromatic N) is 4. The summed E-state index contributed by atoms with van der Waals surface area (Å²) in [4.78, 5) is 26.9. The van der Waals surface area contributed by atoms with E-state index in [1.807, 2.05) is 6.07 Å². The molecule has 0 atom stereocenters. The highest BCUT2D eigenvalue weighted by atomic mass is 16.6. The van der Waals surface area contributed by atoms with Crippen LogP contribution in [0, 0.1) is 21.4 Å². The molecule has 0 fully saturated rings. The number of nitrogens with two attached hydrogens (primary N) is 1. The predicted molar refractivity (Wildman–Crippen MR) is 115 cm³/mol. The number of pyridine rings is 1. The molecule has 0 aliphatic heterocycles. The second kappa shape index (κ2) is 10.3. The number of amides is 1. The van der Waals surface area contributed by atoms with Crippen molar-refractivity contribution in [1.29, 1.82) is 5.26 Å². The highest BCUT2D eigenvalue weighted by Crippen LogP contribution is 2.29. The van der Waals surface area contributed by atoms with Crippen molar-refractivity contribution in [3.05, 3.63) is 99.4 Å². The summed E-state index contributed by atoms with van der Waals surface area (Å²) in [6, 6.07) is 16.3. The number of nitriles is 1. The van der Waals surface area contributed by atoms with E-state index in [4.69, 9.17) is 15.7 Å². The molecule has 1 amide bonds. The molecule has 3 aromatic rings. The van der Waals surface area contributed by atoms with Gasteiger partial charge in [0.2, 0.25) is 5.91 Å². The number of nitro benzene ring substituents is 1. The molecule has 10 nitrogen and oxygen atoms in total. The zero-order chi connectivity index (χ0) is 22.9. The molecule has 3 rings (SSSR count). The summed E-state index contributed by atoms with van der Waals surface area (Å²) >= 11 is 0. The van der Waals surface area contributed by atoms with Gasteiger partial charge in [-0.2, -0.15) is 10.4 Å². The molecule has 0 unspecified atom stereocenters. The number of hydrogen-bond donors (Lipinski definition) is 2. The van der Waals surface area contributed by atoms with Gasteiger partial charge in [0.15, 0.2) is 11.6 Å². The Bertz CT molecular complexity index is 1200. The maximum absolute atomic E-state index is 12.2. The van der Waals surface area contributed by atoms with E-state index in [-0.39, 0.29) is 30.3 Å². The van der Waals surface area contributed by atoms with Crippen molar-refractivity contribution in [2.75, 3.05) is 0 Å². The Labute approximate surface area is 183 Å². The van der Waals surface area contributed by atoms with E-state index in [0.717, 1.165) is 0 Å². The zero-order valence-electron chi connectivity index (χ0n) is 16.8. The normalized spacial score (nSPS) is 10.8. The fourth-order valence-electron chi connectivity index (χ4n) is 2.76. The van der Waals surface area contributed by atoms with Crippen molar-refractivity contribution >= 4 is 17.4 Å². The monoisotopic (exact) mass is 430 g/mol. The SMILES string of the molecule is N#Cc1cccc(COc2ccc(CC(=O)N/N=C(\N)c3ccncc3)cc2[N+](=O)[O-])c1. The topological polar surface area (TPSA) is 157 Å². The third-order valence-electron chi connectivity index (χ3n) is 4.31. The lowest BCUT2D eigenvalue weighted by molar-refractivity contribution is -0.386. The van der Waals surface area contributed by atoms with E-state index in [1.54, 1.807) is 54.9 Å². The molecule has 0 aliphatic rings. The van der Waals surface area contributed by atoms with Crippen molar-refractivity contribution in [3.8, 4) is 11.8 Å². The second-order valence-corrected chi connectivity index (χ2v) is 6.60. The summed E-state index contributed by atoms with van der Waals surface area (Å²) in [5.41, 5.74) is 10.0. The van der Waals surface area contributed by atoms with Crippen molar-refractivity contribution in [2.45, 2.75) is 13.0 Å². The van der Waals surface area contributed by atoms with Crippen LogP contribution in [0.3, 0.4) is 0 Å². The average Bonchev–Trinajstić information content (AvgIpc) is 2.82. The third-order valence-corrected chi connectivity index (χ3v) is 4.31. The Kier molecular flexibility index (Phi) is 7.06. The summed E-state index contributed by atoms with van der Waals surface area (Å²) < 4.78 is 5.58. The second-order valence-electron chi connectivity index (χ2n) is 6.60. The molecule has 32 heavy (non-hydrogen) atoms. The molecule has 0 spiro atoms. The van der Waals surface area contributed by atoms with Gasteiger partial charge in [0.1, 0.15) is 6.61 Å². The van der Waals surface area contributed by atoms with Crippen LogP contribution in [0.25, 0.3) is 0 Å². The average molecular weight is 430 g/mol. The third kappa shape index (κ3) is 5.87. The molecule has 0 radical (unpaired) electrons. The van der Waals surface area contributed by atoms with Crippen LogP contribution in [0.2, 0.25) is 0 Å². The Morgan fingerprint density at radius 1 is 1.19 bits per heavy atom. The fraction of sp³-hybridized carbons (Fsp3) is 0.0909. The molecular formula is C22H18N6O4. The molecule has 0 bridgehead atoms. The van der Waals surface area contributed by atoms with Crippen LogP contribution in [0.15, 0.2) is 72.1 Å². The van der Waals surface area contributed by atoms with Crippen molar-refractivity contribution in [1.82, 2.24) is 10.4 Å². The summed E-state index contributed by atoms with van der Waals surface area (Å²) in [7, 11) is 0. The van der Waals surface area contributed by atoms with Crippen LogP contribution in [-0.2, 0) is 17.8 Å². The number of carbonyl (C=O) groups is 1. The number of aromatic nitrogens is 1. The van der Waals surface area contributed by atoms with Crippen molar-refractivity contribution in [2.24, 2.45) is 10.8 Å². The highest BCUT2D eigenvalue weighted by molar-refractivity contribution is 5.97. The summed E-state index contributed by atoms with van der Waals surface area (Å²) in [5, 5.41) is 24.3. The van der Waals surface area contributed by atoms with E-state index in [1.165, 1.54) is 12.1 Å². The molecule has 1 aromatic heterocycles. The molecule has 0 saturated heterocycles. The number of amidine groups is 1. The van der Waals surface area contributed by atoms with E-state index in [2.05, 4.69) is 15.5 Å². The molecular weight excluding hydrogens is 412 g/mol. The summed E-state index contributed by atoms with van der Waals surface area (Å²) in [6.07, 6.45) is 2.95. The Morgan fingerprint density at radius 2 is 1.97 bits per heavy atom. The number of carbonyl (C=O) groups excluding carboxylic acids is 1. The molecule has 1 heterocycles. The molecule has 3 N–H and O–H groups in total. The Morgan fingerprint density at radius 3 is 2.69 bits per heavy atom. The standard InChI is InChI=1S/C22H18N6O4/c23-13-16-2-1-3-17(10-16)14-32-20-5-4-15(11-19(20)28(30)31)12-21(29)26-27-22(24)18-6-8-25-9-7-18/h1-11H,12,14H2,(H2,24,27)(H,26,29). The van der Waals surface area contributed by atoms with E-state index < -0.39 is 10.8 Å². The van der Waals surface area contributed by atoms with E-state index in [9.17, 15) is 14.9 Å². The lowest BCUT2D eigenvalue weighted by Gasteiger charge is -2.09. The largest absolute Gasteiger partial charge is 0.482 e. The first-order chi connectivity index (χ1) is 15.5. The fourth-order valence-corrected chi connectivity index (χ4v) is 2.76. The van der Waals surface area contributed by atoms with Gasteiger partial charge in [-0.05, 0) is 41.5 Å². The maximum atomic E-state index is 12.2. The van der Waals surface area contributed by atoms with Crippen LogP contribution >= 0.6 is 0 Å². The van der Waals surface area contributed by atoms with E-state index in [0.29, 0.717) is 22.3 Å². The van der Waals surface area contributed by atoms with Gasteiger partial charge < -0.3 is 10.5 Å². The van der Waals surface area contributed by atoms with Crippen molar-refractivity contribution in [3.63, 3.8) is 0 Å². The van der Waals surface area contributed by atoms with Crippen LogP contribution in [0.5, 0.6) is 5.75 Å². The number of nitrogens with one attached hydrogen (secondary N) is 1. The van der Waals surface area contributed by atoms with Crippen molar-refractivity contribution < 1.29 is 14.5 Å². The van der Waals surface area contributed by atoms with Gasteiger partial charge in [-0.3, -0.25) is 19.9 Å².